The van der Waals surface area contributed by atoms with Crippen molar-refractivity contribution in [2.24, 2.45) is 0 Å². The van der Waals surface area contributed by atoms with Crippen LogP contribution in [0.2, 0.25) is 0 Å². The van der Waals surface area contributed by atoms with Crippen LogP contribution in [0.5, 0.6) is 0 Å². The molecule has 2 N–H and O–H groups in total. The lowest BCUT2D eigenvalue weighted by molar-refractivity contribution is 0.0933. The number of hydrogen-bond acceptors (Lipinski definition) is 2. The van der Waals surface area contributed by atoms with E-state index in [1.165, 1.54) is 0 Å². The molecule has 1 aromatic rings. The maximum Gasteiger partial charge on any atom is 0.276 e. The molecule has 1 heterocycles. The minimum absolute atomic E-state index is 0.136. The van der Waals surface area contributed by atoms with Crippen molar-refractivity contribution in [2.45, 2.75) is 46.2 Å². The van der Waals surface area contributed by atoms with Gasteiger partial charge in [0.05, 0.1) is 0 Å². The topological polar surface area (TPSA) is 66.9 Å². The summed E-state index contributed by atoms with van der Waals surface area (Å²) >= 11 is 0. The van der Waals surface area contributed by atoms with Crippen molar-refractivity contribution in [3.8, 4) is 0 Å². The van der Waals surface area contributed by atoms with Crippen molar-refractivity contribution in [3.05, 3.63) is 22.1 Å². The highest BCUT2D eigenvalue weighted by molar-refractivity contribution is 5.93. The largest absolute Gasteiger partial charge is 0.349 e. The summed E-state index contributed by atoms with van der Waals surface area (Å²) in [5.41, 5.74) is -0.140. The Hall–Kier alpha value is -1.52. The molecule has 0 saturated heterocycles. The molecule has 0 unspecified atom stereocenters. The van der Waals surface area contributed by atoms with Gasteiger partial charge in [0.15, 0.2) is 0 Å². The van der Waals surface area contributed by atoms with Gasteiger partial charge in [-0.15, -0.1) is 0 Å². The second kappa shape index (κ2) is 5.53. The number of aromatic nitrogens is 2. The van der Waals surface area contributed by atoms with Crippen LogP contribution in [0.3, 0.4) is 0 Å². The van der Waals surface area contributed by atoms with Gasteiger partial charge >= 0.3 is 0 Å². The van der Waals surface area contributed by atoms with E-state index in [2.05, 4.69) is 10.4 Å². The minimum Gasteiger partial charge on any atom is -0.349 e. The fraction of sp³-hybridized carbons (Fsp3) is 0.636. The molecule has 0 atom stereocenters. The zero-order valence-corrected chi connectivity index (χ0v) is 10.0. The van der Waals surface area contributed by atoms with Crippen LogP contribution in [-0.2, 0) is 6.54 Å². The number of H-pyrrole nitrogens is 1. The molecule has 0 spiro atoms. The van der Waals surface area contributed by atoms with Crippen LogP contribution in [0.1, 0.15) is 44.0 Å². The molecule has 16 heavy (non-hydrogen) atoms. The van der Waals surface area contributed by atoms with E-state index in [4.69, 9.17) is 0 Å². The molecule has 0 aromatic carbocycles. The van der Waals surface area contributed by atoms with Gasteiger partial charge in [0.2, 0.25) is 0 Å². The van der Waals surface area contributed by atoms with E-state index in [0.717, 1.165) is 12.8 Å². The minimum atomic E-state index is -0.328. The number of rotatable bonds is 5. The van der Waals surface area contributed by atoms with E-state index in [-0.39, 0.29) is 23.1 Å². The molecule has 0 aliphatic rings. The molecule has 90 valence electrons. The SMILES string of the molecule is CCC(CC)NC(=O)c1cn(CC)[nH]c1=O. The van der Waals surface area contributed by atoms with Crippen molar-refractivity contribution in [2.75, 3.05) is 0 Å². The first-order valence-corrected chi connectivity index (χ1v) is 5.72. The first-order valence-electron chi connectivity index (χ1n) is 5.72. The van der Waals surface area contributed by atoms with Gasteiger partial charge in [0.25, 0.3) is 11.5 Å². The molecule has 0 aliphatic heterocycles. The number of nitrogens with one attached hydrogen (secondary N) is 2. The normalized spacial score (nSPS) is 10.8. The Morgan fingerprint density at radius 3 is 2.50 bits per heavy atom. The second-order valence-corrected chi connectivity index (χ2v) is 3.76. The lowest BCUT2D eigenvalue weighted by Crippen LogP contribution is -2.35. The predicted molar refractivity (Wildman–Crippen MR) is 62.6 cm³/mol. The fourth-order valence-electron chi connectivity index (χ4n) is 1.53. The number of carbonyl (C=O) groups excluding carboxylic acids is 1. The van der Waals surface area contributed by atoms with Crippen LogP contribution in [0.25, 0.3) is 0 Å². The van der Waals surface area contributed by atoms with Crippen molar-refractivity contribution >= 4 is 5.91 Å². The molecule has 0 bridgehead atoms. The van der Waals surface area contributed by atoms with Gasteiger partial charge in [-0.3, -0.25) is 19.4 Å². The van der Waals surface area contributed by atoms with Crippen LogP contribution >= 0.6 is 0 Å². The summed E-state index contributed by atoms with van der Waals surface area (Å²) in [5, 5.41) is 5.42. The Morgan fingerprint density at radius 2 is 2.06 bits per heavy atom. The van der Waals surface area contributed by atoms with Crippen LogP contribution in [-0.4, -0.2) is 21.7 Å². The van der Waals surface area contributed by atoms with Crippen LogP contribution in [0, 0.1) is 0 Å². The quantitative estimate of drug-likeness (QED) is 0.788. The van der Waals surface area contributed by atoms with Crippen LogP contribution < -0.4 is 10.9 Å². The Morgan fingerprint density at radius 1 is 1.44 bits per heavy atom. The summed E-state index contributed by atoms with van der Waals surface area (Å²) < 4.78 is 1.60. The summed E-state index contributed by atoms with van der Waals surface area (Å²) in [7, 11) is 0. The zero-order valence-electron chi connectivity index (χ0n) is 10.0. The molecular formula is C11H19N3O2. The molecule has 5 heteroatoms. The molecular weight excluding hydrogens is 206 g/mol. The van der Waals surface area contributed by atoms with Gasteiger partial charge in [-0.05, 0) is 19.8 Å². The highest BCUT2D eigenvalue weighted by Crippen LogP contribution is 1.99. The summed E-state index contributed by atoms with van der Waals surface area (Å²) in [6, 6.07) is 0.136. The van der Waals surface area contributed by atoms with Crippen molar-refractivity contribution < 1.29 is 4.79 Å². The molecule has 0 saturated carbocycles. The van der Waals surface area contributed by atoms with E-state index in [9.17, 15) is 9.59 Å². The van der Waals surface area contributed by atoms with Gasteiger partial charge in [0, 0.05) is 18.8 Å². The Labute approximate surface area is 94.8 Å². The third-order valence-electron chi connectivity index (χ3n) is 2.68. The van der Waals surface area contributed by atoms with E-state index >= 15 is 0 Å². The molecule has 0 radical (unpaired) electrons. The third-order valence-corrected chi connectivity index (χ3v) is 2.68. The summed E-state index contributed by atoms with van der Waals surface area (Å²) in [5.74, 6) is -0.290. The Bertz CT molecular complexity index is 402. The van der Waals surface area contributed by atoms with E-state index in [0.29, 0.717) is 6.54 Å². The first kappa shape index (κ1) is 12.5. The highest BCUT2D eigenvalue weighted by Gasteiger charge is 2.15. The number of aromatic amines is 1. The molecule has 0 aliphatic carbocycles. The van der Waals surface area contributed by atoms with Crippen molar-refractivity contribution in [1.29, 1.82) is 0 Å². The average Bonchev–Trinajstić information content (AvgIpc) is 2.67. The van der Waals surface area contributed by atoms with Crippen molar-refractivity contribution in [1.82, 2.24) is 15.1 Å². The monoisotopic (exact) mass is 225 g/mol. The number of hydrogen-bond donors (Lipinski definition) is 2. The maximum atomic E-state index is 11.8. The summed E-state index contributed by atoms with van der Waals surface area (Å²) in [6.45, 7) is 6.57. The number of aryl methyl sites for hydroxylation is 1. The average molecular weight is 225 g/mol. The van der Waals surface area contributed by atoms with E-state index in [1.807, 2.05) is 20.8 Å². The first-order chi connectivity index (χ1) is 7.62. The molecule has 1 rings (SSSR count). The number of nitrogens with zero attached hydrogens (tertiary/aromatic N) is 1. The smallest absolute Gasteiger partial charge is 0.276 e. The van der Waals surface area contributed by atoms with Gasteiger partial charge < -0.3 is 5.32 Å². The van der Waals surface area contributed by atoms with Crippen LogP contribution in [0.4, 0.5) is 0 Å². The lowest BCUT2D eigenvalue weighted by Gasteiger charge is -2.13. The van der Waals surface area contributed by atoms with E-state index < -0.39 is 0 Å². The molecule has 1 aromatic heterocycles. The predicted octanol–water partition coefficient (Wildman–Crippen LogP) is 1.11. The summed E-state index contributed by atoms with van der Waals surface area (Å²) in [4.78, 5) is 23.2. The van der Waals surface area contributed by atoms with E-state index in [1.54, 1.807) is 10.9 Å². The fourth-order valence-corrected chi connectivity index (χ4v) is 1.53. The zero-order chi connectivity index (χ0) is 12.1. The summed E-state index contributed by atoms with van der Waals surface area (Å²) in [6.07, 6.45) is 3.29. The molecule has 1 amide bonds. The number of carbonyl (C=O) groups is 1. The standard InChI is InChI=1S/C11H19N3O2/c1-4-8(5-2)12-10(15)9-7-14(6-3)13-11(9)16/h7-8H,4-6H2,1-3H3,(H,12,15)(H,13,16). The van der Waals surface area contributed by atoms with Gasteiger partial charge in [-0.2, -0.15) is 0 Å². The van der Waals surface area contributed by atoms with Crippen LogP contribution in [0.15, 0.2) is 11.0 Å². The van der Waals surface area contributed by atoms with Crippen molar-refractivity contribution in [3.63, 3.8) is 0 Å². The second-order valence-electron chi connectivity index (χ2n) is 3.76. The maximum absolute atomic E-state index is 11.8. The Kier molecular flexibility index (Phi) is 4.34. The Balaban J connectivity index is 2.80. The lowest BCUT2D eigenvalue weighted by atomic mass is 10.1. The molecule has 5 nitrogen and oxygen atoms in total. The third kappa shape index (κ3) is 2.74. The highest BCUT2D eigenvalue weighted by atomic mass is 16.2. The van der Waals surface area contributed by atoms with Gasteiger partial charge in [0.1, 0.15) is 5.56 Å². The molecule has 0 fully saturated rings. The number of amides is 1. The van der Waals surface area contributed by atoms with Gasteiger partial charge in [-0.25, -0.2) is 0 Å². The van der Waals surface area contributed by atoms with Gasteiger partial charge in [-0.1, -0.05) is 13.8 Å².